The van der Waals surface area contributed by atoms with Crippen LogP contribution < -0.4 is 16.0 Å². The first-order chi connectivity index (χ1) is 9.13. The lowest BCUT2D eigenvalue weighted by Gasteiger charge is -2.24. The van der Waals surface area contributed by atoms with E-state index in [-0.39, 0.29) is 0 Å². The second-order valence-electron chi connectivity index (χ2n) is 6.03. The van der Waals surface area contributed by atoms with Crippen LogP contribution in [0, 0.1) is 5.92 Å². The van der Waals surface area contributed by atoms with E-state index >= 15 is 0 Å². The Morgan fingerprint density at radius 1 is 1.37 bits per heavy atom. The molecular formula is C14H23N5. The minimum Gasteiger partial charge on any atom is -0.368 e. The van der Waals surface area contributed by atoms with Gasteiger partial charge in [-0.05, 0) is 31.2 Å². The van der Waals surface area contributed by atoms with Crippen molar-refractivity contribution >= 4 is 11.8 Å². The van der Waals surface area contributed by atoms with Crippen LogP contribution in [-0.2, 0) is 0 Å². The van der Waals surface area contributed by atoms with Crippen LogP contribution in [0.1, 0.15) is 38.3 Å². The summed E-state index contributed by atoms with van der Waals surface area (Å²) in [6, 6.07) is 2.71. The maximum atomic E-state index is 5.85. The van der Waals surface area contributed by atoms with E-state index in [2.05, 4.69) is 40.1 Å². The molecule has 0 spiro atoms. The molecule has 3 N–H and O–H groups in total. The summed E-state index contributed by atoms with van der Waals surface area (Å²) in [4.78, 5) is 11.1. The molecule has 0 aliphatic carbocycles. The van der Waals surface area contributed by atoms with Gasteiger partial charge in [0.05, 0.1) is 5.69 Å². The monoisotopic (exact) mass is 261 g/mol. The summed E-state index contributed by atoms with van der Waals surface area (Å²) in [6.45, 7) is 7.55. The van der Waals surface area contributed by atoms with Crippen molar-refractivity contribution < 1.29 is 0 Å². The van der Waals surface area contributed by atoms with E-state index < -0.39 is 0 Å². The van der Waals surface area contributed by atoms with E-state index in [0.717, 1.165) is 37.1 Å². The molecule has 5 nitrogen and oxygen atoms in total. The second kappa shape index (κ2) is 4.96. The molecule has 1 aromatic rings. The Labute approximate surface area is 114 Å². The zero-order valence-electron chi connectivity index (χ0n) is 11.8. The van der Waals surface area contributed by atoms with Crippen LogP contribution >= 0.6 is 0 Å². The van der Waals surface area contributed by atoms with Crippen molar-refractivity contribution in [2.45, 2.75) is 38.6 Å². The average Bonchev–Trinajstić information content (AvgIpc) is 2.81. The fourth-order valence-electron chi connectivity index (χ4n) is 3.16. The minimum absolute atomic E-state index is 0.382. The molecule has 5 heteroatoms. The number of nitrogens with one attached hydrogen (secondary N) is 1. The molecule has 0 aromatic carbocycles. The number of fused-ring (bicyclic) bond motifs is 1. The van der Waals surface area contributed by atoms with Gasteiger partial charge in [-0.3, -0.25) is 0 Å². The van der Waals surface area contributed by atoms with Crippen LogP contribution in [0.4, 0.5) is 11.8 Å². The number of nitrogens with two attached hydrogens (primary N) is 1. The summed E-state index contributed by atoms with van der Waals surface area (Å²) in [6.07, 6.45) is 2.62. The third-order valence-electron chi connectivity index (χ3n) is 4.26. The van der Waals surface area contributed by atoms with Gasteiger partial charge >= 0.3 is 0 Å². The van der Waals surface area contributed by atoms with Gasteiger partial charge in [-0.15, -0.1) is 0 Å². The molecule has 104 valence electrons. The number of rotatable bonds is 2. The van der Waals surface area contributed by atoms with Gasteiger partial charge in [-0.25, -0.2) is 4.98 Å². The molecule has 2 saturated heterocycles. The van der Waals surface area contributed by atoms with E-state index in [4.69, 9.17) is 5.73 Å². The standard InChI is InChI=1S/C14H23N5/c1-9(2)11-6-13(18-14(15)17-11)19-7-10-4-3-5-16-12(10)8-19/h6,9-10,12,16H,3-5,7-8H2,1-2H3,(H2,15,17,18). The molecule has 0 bridgehead atoms. The summed E-state index contributed by atoms with van der Waals surface area (Å²) in [5, 5.41) is 3.62. The fourth-order valence-corrected chi connectivity index (χ4v) is 3.16. The predicted molar refractivity (Wildman–Crippen MR) is 77.3 cm³/mol. The molecule has 19 heavy (non-hydrogen) atoms. The van der Waals surface area contributed by atoms with E-state index in [1.165, 1.54) is 12.8 Å². The number of piperidine rings is 1. The van der Waals surface area contributed by atoms with Crippen LogP contribution in [0.25, 0.3) is 0 Å². The van der Waals surface area contributed by atoms with Gasteiger partial charge in [0.25, 0.3) is 0 Å². The van der Waals surface area contributed by atoms with Crippen LogP contribution in [0.3, 0.4) is 0 Å². The smallest absolute Gasteiger partial charge is 0.222 e. The van der Waals surface area contributed by atoms with E-state index in [1.54, 1.807) is 0 Å². The van der Waals surface area contributed by atoms with Gasteiger partial charge < -0.3 is 16.0 Å². The van der Waals surface area contributed by atoms with Gasteiger partial charge in [0.15, 0.2) is 0 Å². The summed E-state index contributed by atoms with van der Waals surface area (Å²) >= 11 is 0. The van der Waals surface area contributed by atoms with Crippen molar-refractivity contribution in [2.24, 2.45) is 5.92 Å². The topological polar surface area (TPSA) is 67.1 Å². The maximum absolute atomic E-state index is 5.85. The number of aromatic nitrogens is 2. The zero-order valence-corrected chi connectivity index (χ0v) is 11.8. The highest BCUT2D eigenvalue weighted by molar-refractivity contribution is 5.45. The largest absolute Gasteiger partial charge is 0.368 e. The van der Waals surface area contributed by atoms with Crippen molar-refractivity contribution in [3.8, 4) is 0 Å². The average molecular weight is 261 g/mol. The van der Waals surface area contributed by atoms with Crippen molar-refractivity contribution in [1.29, 1.82) is 0 Å². The molecule has 2 fully saturated rings. The molecule has 3 heterocycles. The number of nitrogen functional groups attached to an aromatic ring is 1. The third-order valence-corrected chi connectivity index (χ3v) is 4.26. The van der Waals surface area contributed by atoms with Crippen LogP contribution in [0.2, 0.25) is 0 Å². The Kier molecular flexibility index (Phi) is 3.31. The molecule has 2 aliphatic heterocycles. The Balaban J connectivity index is 1.82. The molecular weight excluding hydrogens is 238 g/mol. The molecule has 2 atom stereocenters. The van der Waals surface area contributed by atoms with Gasteiger partial charge in [-0.2, -0.15) is 4.98 Å². The van der Waals surface area contributed by atoms with Crippen LogP contribution in [0.5, 0.6) is 0 Å². The first-order valence-corrected chi connectivity index (χ1v) is 7.26. The van der Waals surface area contributed by atoms with Crippen molar-refractivity contribution in [2.75, 3.05) is 30.3 Å². The quantitative estimate of drug-likeness (QED) is 0.841. The minimum atomic E-state index is 0.382. The first-order valence-electron chi connectivity index (χ1n) is 7.26. The summed E-state index contributed by atoms with van der Waals surface area (Å²) in [7, 11) is 0. The summed E-state index contributed by atoms with van der Waals surface area (Å²) in [5.74, 6) is 2.52. The molecule has 3 rings (SSSR count). The summed E-state index contributed by atoms with van der Waals surface area (Å²) < 4.78 is 0. The number of hydrogen-bond acceptors (Lipinski definition) is 5. The fraction of sp³-hybridized carbons (Fsp3) is 0.714. The predicted octanol–water partition coefficient (Wildman–Crippen LogP) is 1.37. The molecule has 0 saturated carbocycles. The molecule has 0 radical (unpaired) electrons. The number of nitrogens with zero attached hydrogens (tertiary/aromatic N) is 3. The van der Waals surface area contributed by atoms with Crippen molar-refractivity contribution in [1.82, 2.24) is 15.3 Å². The lowest BCUT2D eigenvalue weighted by Crippen LogP contribution is -2.40. The maximum Gasteiger partial charge on any atom is 0.222 e. The highest BCUT2D eigenvalue weighted by Gasteiger charge is 2.35. The normalized spacial score (nSPS) is 26.8. The van der Waals surface area contributed by atoms with Crippen LogP contribution in [-0.4, -0.2) is 35.6 Å². The lowest BCUT2D eigenvalue weighted by atomic mass is 9.94. The van der Waals surface area contributed by atoms with Crippen molar-refractivity contribution in [3.63, 3.8) is 0 Å². The molecule has 0 amide bonds. The van der Waals surface area contributed by atoms with Gasteiger partial charge in [-0.1, -0.05) is 13.8 Å². The molecule has 1 aromatic heterocycles. The number of anilines is 2. The Bertz CT molecular complexity index is 445. The first kappa shape index (κ1) is 12.7. The van der Waals surface area contributed by atoms with Gasteiger partial charge in [0.1, 0.15) is 5.82 Å². The van der Waals surface area contributed by atoms with Crippen LogP contribution in [0.15, 0.2) is 6.07 Å². The number of hydrogen-bond donors (Lipinski definition) is 2. The highest BCUT2D eigenvalue weighted by Crippen LogP contribution is 2.29. The van der Waals surface area contributed by atoms with Crippen molar-refractivity contribution in [3.05, 3.63) is 11.8 Å². The van der Waals surface area contributed by atoms with E-state index in [0.29, 0.717) is 17.9 Å². The Hall–Kier alpha value is -1.36. The summed E-state index contributed by atoms with van der Waals surface area (Å²) in [5.41, 5.74) is 6.88. The Morgan fingerprint density at radius 3 is 2.95 bits per heavy atom. The third kappa shape index (κ3) is 2.52. The zero-order chi connectivity index (χ0) is 13.4. The van der Waals surface area contributed by atoms with Gasteiger partial charge in [0.2, 0.25) is 5.95 Å². The second-order valence-corrected chi connectivity index (χ2v) is 6.03. The molecule has 2 unspecified atom stereocenters. The highest BCUT2D eigenvalue weighted by atomic mass is 15.3. The van der Waals surface area contributed by atoms with Gasteiger partial charge in [0, 0.05) is 25.2 Å². The lowest BCUT2D eigenvalue weighted by molar-refractivity contribution is 0.340. The van der Waals surface area contributed by atoms with E-state index in [1.807, 2.05) is 0 Å². The van der Waals surface area contributed by atoms with E-state index in [9.17, 15) is 0 Å². The SMILES string of the molecule is CC(C)c1cc(N2CC3CCCNC3C2)nc(N)n1. The Morgan fingerprint density at radius 2 is 2.21 bits per heavy atom. The molecule has 2 aliphatic rings.